The molecule has 3 nitrogen and oxygen atoms in total. The second kappa shape index (κ2) is 7.08. The van der Waals surface area contributed by atoms with Crippen LogP contribution in [0.15, 0.2) is 42.5 Å². The maximum Gasteiger partial charge on any atom is 0.184 e. The van der Waals surface area contributed by atoms with Crippen molar-refractivity contribution >= 4 is 26.7 Å². The SMILES string of the molecule is O[C@@H]1CCCC[C@H]1Nc1nc2ccc(CC3C=CC=CC3)cc2s1. The van der Waals surface area contributed by atoms with E-state index in [2.05, 4.69) is 47.8 Å². The molecule has 2 N–H and O–H groups in total. The van der Waals surface area contributed by atoms with Gasteiger partial charge in [-0.25, -0.2) is 4.98 Å². The van der Waals surface area contributed by atoms with Crippen LogP contribution in [0.3, 0.4) is 0 Å². The maximum atomic E-state index is 10.1. The largest absolute Gasteiger partial charge is 0.391 e. The lowest BCUT2D eigenvalue weighted by Crippen LogP contribution is -2.36. The zero-order valence-corrected chi connectivity index (χ0v) is 14.6. The van der Waals surface area contributed by atoms with Crippen molar-refractivity contribution in [1.29, 1.82) is 0 Å². The minimum Gasteiger partial charge on any atom is -0.391 e. The molecule has 24 heavy (non-hydrogen) atoms. The molecule has 1 heterocycles. The molecule has 0 amide bonds. The summed E-state index contributed by atoms with van der Waals surface area (Å²) in [7, 11) is 0. The number of aliphatic hydroxyl groups is 1. The molecule has 1 fully saturated rings. The van der Waals surface area contributed by atoms with Crippen molar-refractivity contribution in [2.24, 2.45) is 5.92 Å². The molecule has 1 unspecified atom stereocenters. The number of fused-ring (bicyclic) bond motifs is 1. The molecule has 1 saturated carbocycles. The number of aliphatic hydroxyl groups excluding tert-OH is 1. The fraction of sp³-hybridized carbons (Fsp3) is 0.450. The molecule has 1 aromatic carbocycles. The number of nitrogens with zero attached hydrogens (tertiary/aromatic N) is 1. The smallest absolute Gasteiger partial charge is 0.184 e. The normalized spacial score (nSPS) is 26.8. The van der Waals surface area contributed by atoms with Crippen molar-refractivity contribution in [2.75, 3.05) is 5.32 Å². The summed E-state index contributed by atoms with van der Waals surface area (Å²) >= 11 is 1.70. The van der Waals surface area contributed by atoms with E-state index >= 15 is 0 Å². The fourth-order valence-electron chi connectivity index (χ4n) is 3.68. The zero-order valence-electron chi connectivity index (χ0n) is 13.8. The first-order valence-electron chi connectivity index (χ1n) is 8.95. The Kier molecular flexibility index (Phi) is 4.67. The summed E-state index contributed by atoms with van der Waals surface area (Å²) in [6, 6.07) is 6.76. The van der Waals surface area contributed by atoms with Crippen LogP contribution in [-0.4, -0.2) is 22.2 Å². The molecule has 1 aromatic heterocycles. The summed E-state index contributed by atoms with van der Waals surface area (Å²) in [5.41, 5.74) is 2.43. The van der Waals surface area contributed by atoms with Gasteiger partial charge in [-0.2, -0.15) is 0 Å². The molecule has 0 aliphatic heterocycles. The molecule has 2 aliphatic carbocycles. The third-order valence-corrected chi connectivity index (χ3v) is 6.01. The molecule has 0 saturated heterocycles. The van der Waals surface area contributed by atoms with E-state index in [1.54, 1.807) is 11.3 Å². The highest BCUT2D eigenvalue weighted by molar-refractivity contribution is 7.22. The van der Waals surface area contributed by atoms with Crippen molar-refractivity contribution in [3.05, 3.63) is 48.1 Å². The van der Waals surface area contributed by atoms with E-state index in [0.29, 0.717) is 5.92 Å². The number of thiazole rings is 1. The van der Waals surface area contributed by atoms with Crippen molar-refractivity contribution in [3.8, 4) is 0 Å². The Labute approximate surface area is 147 Å². The summed E-state index contributed by atoms with van der Waals surface area (Å²) in [5, 5.41) is 14.5. The fourth-order valence-corrected chi connectivity index (χ4v) is 4.67. The van der Waals surface area contributed by atoms with Crippen molar-refractivity contribution in [1.82, 2.24) is 4.98 Å². The lowest BCUT2D eigenvalue weighted by molar-refractivity contribution is 0.116. The van der Waals surface area contributed by atoms with Gasteiger partial charge in [-0.3, -0.25) is 0 Å². The summed E-state index contributed by atoms with van der Waals surface area (Å²) in [5.74, 6) is 0.607. The van der Waals surface area contributed by atoms with Gasteiger partial charge in [-0.1, -0.05) is 54.5 Å². The summed E-state index contributed by atoms with van der Waals surface area (Å²) in [6.07, 6.45) is 15.0. The van der Waals surface area contributed by atoms with Crippen molar-refractivity contribution < 1.29 is 5.11 Å². The average Bonchev–Trinajstić information content (AvgIpc) is 2.99. The third-order valence-electron chi connectivity index (χ3n) is 5.06. The topological polar surface area (TPSA) is 45.1 Å². The first kappa shape index (κ1) is 15.9. The number of nitrogens with one attached hydrogen (secondary N) is 1. The highest BCUT2D eigenvalue weighted by Crippen LogP contribution is 2.30. The van der Waals surface area contributed by atoms with E-state index in [0.717, 1.165) is 42.8 Å². The number of benzene rings is 1. The molecule has 3 atom stereocenters. The van der Waals surface area contributed by atoms with E-state index in [9.17, 15) is 5.11 Å². The molecule has 0 bridgehead atoms. The van der Waals surface area contributed by atoms with Gasteiger partial charge in [-0.05, 0) is 49.3 Å². The molecular weight excluding hydrogens is 316 g/mol. The highest BCUT2D eigenvalue weighted by Gasteiger charge is 2.23. The molecule has 0 spiro atoms. The van der Waals surface area contributed by atoms with Crippen LogP contribution in [0.5, 0.6) is 0 Å². The second-order valence-electron chi connectivity index (χ2n) is 6.94. The van der Waals surface area contributed by atoms with E-state index in [4.69, 9.17) is 4.98 Å². The van der Waals surface area contributed by atoms with E-state index in [1.807, 2.05) is 0 Å². The van der Waals surface area contributed by atoms with Crippen LogP contribution in [0.4, 0.5) is 5.13 Å². The Balaban J connectivity index is 1.48. The van der Waals surface area contributed by atoms with Crippen LogP contribution in [0.1, 0.15) is 37.7 Å². The Morgan fingerprint density at radius 3 is 2.96 bits per heavy atom. The molecule has 4 rings (SSSR count). The number of anilines is 1. The quantitative estimate of drug-likeness (QED) is 0.849. The lowest BCUT2D eigenvalue weighted by atomic mass is 9.93. The molecule has 2 aromatic rings. The zero-order chi connectivity index (χ0) is 16.4. The lowest BCUT2D eigenvalue weighted by Gasteiger charge is -2.27. The van der Waals surface area contributed by atoms with Gasteiger partial charge in [0.15, 0.2) is 5.13 Å². The Morgan fingerprint density at radius 1 is 1.21 bits per heavy atom. The highest BCUT2D eigenvalue weighted by atomic mass is 32.1. The molecular formula is C20H24N2OS. The van der Waals surface area contributed by atoms with E-state index < -0.39 is 0 Å². The standard InChI is InChI=1S/C20H24N2OS/c23-18-9-5-4-8-16(18)21-20-22-17-11-10-15(13-19(17)24-20)12-14-6-2-1-3-7-14/h1-3,6,10-11,13-14,16,18,23H,4-5,7-9,12H2,(H,21,22)/t14?,16-,18-/m1/s1. The monoisotopic (exact) mass is 340 g/mol. The second-order valence-corrected chi connectivity index (χ2v) is 7.97. The minimum atomic E-state index is -0.243. The average molecular weight is 340 g/mol. The number of rotatable bonds is 4. The Bertz CT molecular complexity index is 764. The van der Waals surface area contributed by atoms with Crippen LogP contribution < -0.4 is 5.32 Å². The first-order chi connectivity index (χ1) is 11.8. The predicted octanol–water partition coefficient (Wildman–Crippen LogP) is 4.69. The van der Waals surface area contributed by atoms with Crippen LogP contribution in [-0.2, 0) is 6.42 Å². The molecule has 0 radical (unpaired) electrons. The van der Waals surface area contributed by atoms with Gasteiger partial charge >= 0.3 is 0 Å². The number of hydrogen-bond acceptors (Lipinski definition) is 4. The minimum absolute atomic E-state index is 0.151. The van der Waals surface area contributed by atoms with Crippen LogP contribution in [0.25, 0.3) is 10.2 Å². The van der Waals surface area contributed by atoms with E-state index in [-0.39, 0.29) is 12.1 Å². The van der Waals surface area contributed by atoms with Crippen LogP contribution in [0.2, 0.25) is 0 Å². The van der Waals surface area contributed by atoms with Gasteiger partial charge in [0.05, 0.1) is 22.4 Å². The third kappa shape index (κ3) is 3.55. The van der Waals surface area contributed by atoms with Crippen LogP contribution in [0, 0.1) is 5.92 Å². The summed E-state index contributed by atoms with van der Waals surface area (Å²) < 4.78 is 1.23. The van der Waals surface area contributed by atoms with Gasteiger partial charge in [-0.15, -0.1) is 0 Å². The van der Waals surface area contributed by atoms with Gasteiger partial charge in [0, 0.05) is 0 Å². The first-order valence-corrected chi connectivity index (χ1v) is 9.77. The number of allylic oxidation sites excluding steroid dienone is 4. The van der Waals surface area contributed by atoms with Crippen molar-refractivity contribution in [3.63, 3.8) is 0 Å². The predicted molar refractivity (Wildman–Crippen MR) is 102 cm³/mol. The summed E-state index contributed by atoms with van der Waals surface area (Å²) in [6.45, 7) is 0. The van der Waals surface area contributed by atoms with Gasteiger partial charge in [0.1, 0.15) is 0 Å². The molecule has 2 aliphatic rings. The molecule has 126 valence electrons. The van der Waals surface area contributed by atoms with Crippen molar-refractivity contribution in [2.45, 2.75) is 50.7 Å². The number of aromatic nitrogens is 1. The Hall–Kier alpha value is -1.65. The maximum absolute atomic E-state index is 10.1. The number of hydrogen-bond donors (Lipinski definition) is 2. The summed E-state index contributed by atoms with van der Waals surface area (Å²) in [4.78, 5) is 4.70. The van der Waals surface area contributed by atoms with Gasteiger partial charge < -0.3 is 10.4 Å². The molecule has 4 heteroatoms. The Morgan fingerprint density at radius 2 is 2.12 bits per heavy atom. The van der Waals surface area contributed by atoms with Gasteiger partial charge in [0.25, 0.3) is 0 Å². The van der Waals surface area contributed by atoms with Gasteiger partial charge in [0.2, 0.25) is 0 Å². The van der Waals surface area contributed by atoms with E-state index in [1.165, 1.54) is 16.7 Å². The van der Waals surface area contributed by atoms with Crippen LogP contribution >= 0.6 is 11.3 Å².